The molecule has 0 spiro atoms. The summed E-state index contributed by atoms with van der Waals surface area (Å²) in [6.07, 6.45) is 1.49. The molecular weight excluding hydrogens is 620 g/mol. The van der Waals surface area contributed by atoms with Crippen molar-refractivity contribution >= 4 is 37.2 Å². The minimum absolute atomic E-state index is 0.0499. The Labute approximate surface area is 254 Å². The third kappa shape index (κ3) is 5.13. The van der Waals surface area contributed by atoms with E-state index >= 15 is 0 Å². The quantitative estimate of drug-likeness (QED) is 0.339. The summed E-state index contributed by atoms with van der Waals surface area (Å²) in [5.41, 5.74) is 1.19. The van der Waals surface area contributed by atoms with E-state index in [-0.39, 0.29) is 65.3 Å². The maximum absolute atomic E-state index is 14.5. The van der Waals surface area contributed by atoms with Crippen LogP contribution in [0.3, 0.4) is 0 Å². The fraction of sp³-hybridized carbons (Fsp3) is 0.387. The molecule has 0 N–H and O–H groups in total. The van der Waals surface area contributed by atoms with Crippen LogP contribution in [-0.2, 0) is 42.2 Å². The maximum Gasteiger partial charge on any atom is 0.226 e. The molecule has 12 heteroatoms. The van der Waals surface area contributed by atoms with E-state index in [0.717, 1.165) is 17.7 Å². The van der Waals surface area contributed by atoms with Crippen LogP contribution in [0, 0.1) is 17.6 Å². The van der Waals surface area contributed by atoms with Crippen LogP contribution in [0.1, 0.15) is 42.4 Å². The Hall–Kier alpha value is -3.02. The number of rotatable bonds is 6. The summed E-state index contributed by atoms with van der Waals surface area (Å²) in [5.74, 6) is -1.88. The number of carbonyl (C=O) groups excluding carboxylic acids is 1. The minimum Gasteiger partial charge on any atom is -0.489 e. The monoisotopic (exact) mass is 649 g/mol. The van der Waals surface area contributed by atoms with Gasteiger partial charge in [-0.05, 0) is 79.6 Å². The SMILES string of the molecule is O=C(C1CCS(=O)(=O)CC1)N1CC[C@@]2(S(=O)(=O)c3ccccc3)c3ccc(OCc4c(F)ccc(F)c4Cl)cc3CC[C@@H]12. The van der Waals surface area contributed by atoms with E-state index in [0.29, 0.717) is 24.2 Å². The van der Waals surface area contributed by atoms with E-state index in [1.807, 2.05) is 0 Å². The lowest BCUT2D eigenvalue weighted by Gasteiger charge is -2.43. The Bertz CT molecular complexity index is 1790. The van der Waals surface area contributed by atoms with Gasteiger partial charge in [-0.3, -0.25) is 4.79 Å². The van der Waals surface area contributed by atoms with Crippen molar-refractivity contribution in [2.24, 2.45) is 5.92 Å². The number of hydrogen-bond donors (Lipinski definition) is 0. The summed E-state index contributed by atoms with van der Waals surface area (Å²) in [5, 5.41) is -0.361. The number of likely N-dealkylation sites (tertiary alicyclic amines) is 1. The Morgan fingerprint density at radius 2 is 1.70 bits per heavy atom. The molecule has 3 aliphatic rings. The lowest BCUT2D eigenvalue weighted by Crippen LogP contribution is -2.53. The third-order valence-corrected chi connectivity index (χ3v) is 13.8. The number of nitrogens with zero attached hydrogens (tertiary/aromatic N) is 1. The second-order valence-corrected chi connectivity index (χ2v) is 16.3. The molecular formula is C31H30ClF2NO6S2. The van der Waals surface area contributed by atoms with Crippen LogP contribution in [0.5, 0.6) is 5.75 Å². The first kappa shape index (κ1) is 30.0. The molecule has 0 radical (unpaired) electrons. The van der Waals surface area contributed by atoms with E-state index in [1.165, 1.54) is 0 Å². The van der Waals surface area contributed by atoms with Crippen molar-refractivity contribution in [3.05, 3.63) is 94.0 Å². The van der Waals surface area contributed by atoms with Crippen LogP contribution in [0.15, 0.2) is 65.6 Å². The van der Waals surface area contributed by atoms with Gasteiger partial charge in [-0.15, -0.1) is 0 Å². The zero-order valence-corrected chi connectivity index (χ0v) is 25.5. The predicted octanol–water partition coefficient (Wildman–Crippen LogP) is 5.24. The molecule has 3 aromatic carbocycles. The van der Waals surface area contributed by atoms with Gasteiger partial charge in [0.2, 0.25) is 5.91 Å². The predicted molar refractivity (Wildman–Crippen MR) is 157 cm³/mol. The summed E-state index contributed by atoms with van der Waals surface area (Å²) < 4.78 is 85.7. The van der Waals surface area contributed by atoms with Crippen molar-refractivity contribution in [1.82, 2.24) is 4.90 Å². The molecule has 2 fully saturated rings. The van der Waals surface area contributed by atoms with E-state index < -0.39 is 48.0 Å². The number of sulfone groups is 2. The fourth-order valence-electron chi connectivity index (χ4n) is 6.90. The number of benzene rings is 3. The molecule has 2 aliphatic heterocycles. The number of halogens is 3. The largest absolute Gasteiger partial charge is 0.489 e. The van der Waals surface area contributed by atoms with Crippen molar-refractivity contribution < 1.29 is 35.1 Å². The molecule has 6 rings (SSSR count). The molecule has 2 heterocycles. The average Bonchev–Trinajstić information content (AvgIpc) is 3.41. The zero-order valence-electron chi connectivity index (χ0n) is 23.1. The van der Waals surface area contributed by atoms with E-state index in [9.17, 15) is 30.4 Å². The average molecular weight is 650 g/mol. The highest BCUT2D eigenvalue weighted by Crippen LogP contribution is 2.53. The van der Waals surface area contributed by atoms with Gasteiger partial charge in [0.05, 0.1) is 27.5 Å². The molecule has 3 aromatic rings. The molecule has 2 atom stereocenters. The first-order valence-electron chi connectivity index (χ1n) is 14.1. The fourth-order valence-corrected chi connectivity index (χ4v) is 11.0. The van der Waals surface area contributed by atoms with Crippen LogP contribution in [-0.4, -0.2) is 51.7 Å². The van der Waals surface area contributed by atoms with Crippen LogP contribution in [0.25, 0.3) is 0 Å². The molecule has 7 nitrogen and oxygen atoms in total. The lowest BCUT2D eigenvalue weighted by molar-refractivity contribution is -0.137. The summed E-state index contributed by atoms with van der Waals surface area (Å²) in [4.78, 5) is 15.6. The number of hydrogen-bond acceptors (Lipinski definition) is 6. The first-order valence-corrected chi connectivity index (χ1v) is 17.8. The highest BCUT2D eigenvalue weighted by Gasteiger charge is 2.61. The Balaban J connectivity index is 1.36. The summed E-state index contributed by atoms with van der Waals surface area (Å²) in [6, 6.07) is 14.5. The minimum atomic E-state index is -4.01. The van der Waals surface area contributed by atoms with Gasteiger partial charge in [0.1, 0.15) is 38.6 Å². The number of ether oxygens (including phenoxy) is 1. The molecule has 0 saturated carbocycles. The van der Waals surface area contributed by atoms with E-state index in [4.69, 9.17) is 16.3 Å². The third-order valence-electron chi connectivity index (χ3n) is 9.10. The van der Waals surface area contributed by atoms with Gasteiger partial charge in [0.25, 0.3) is 0 Å². The van der Waals surface area contributed by atoms with Crippen molar-refractivity contribution in [2.45, 2.75) is 54.4 Å². The Morgan fingerprint density at radius 1 is 1.00 bits per heavy atom. The van der Waals surface area contributed by atoms with Crippen molar-refractivity contribution in [1.29, 1.82) is 0 Å². The zero-order chi connectivity index (χ0) is 30.6. The highest BCUT2D eigenvalue weighted by molar-refractivity contribution is 7.92. The van der Waals surface area contributed by atoms with E-state index in [2.05, 4.69) is 0 Å². The van der Waals surface area contributed by atoms with Crippen molar-refractivity contribution in [2.75, 3.05) is 18.1 Å². The number of aryl methyl sites for hydroxylation is 1. The first-order chi connectivity index (χ1) is 20.4. The van der Waals surface area contributed by atoms with Gasteiger partial charge in [0, 0.05) is 18.0 Å². The molecule has 0 unspecified atom stereocenters. The van der Waals surface area contributed by atoms with Gasteiger partial charge in [-0.25, -0.2) is 25.6 Å². The molecule has 228 valence electrons. The number of fused-ring (bicyclic) bond motifs is 3. The lowest BCUT2D eigenvalue weighted by atomic mass is 9.78. The highest BCUT2D eigenvalue weighted by atomic mass is 35.5. The van der Waals surface area contributed by atoms with Gasteiger partial charge in [0.15, 0.2) is 9.84 Å². The van der Waals surface area contributed by atoms with Crippen LogP contribution >= 0.6 is 11.6 Å². The number of amides is 1. The van der Waals surface area contributed by atoms with Gasteiger partial charge >= 0.3 is 0 Å². The molecule has 0 bridgehead atoms. The summed E-state index contributed by atoms with van der Waals surface area (Å²) >= 11 is 5.95. The maximum atomic E-state index is 14.5. The molecule has 1 aliphatic carbocycles. The van der Waals surface area contributed by atoms with E-state index in [1.54, 1.807) is 53.4 Å². The van der Waals surface area contributed by atoms with Crippen molar-refractivity contribution in [3.8, 4) is 5.75 Å². The van der Waals surface area contributed by atoms with Crippen LogP contribution in [0.4, 0.5) is 8.78 Å². The molecule has 43 heavy (non-hydrogen) atoms. The summed E-state index contributed by atoms with van der Waals surface area (Å²) in [6.45, 7) is -0.0927. The molecule has 1 amide bonds. The van der Waals surface area contributed by atoms with Gasteiger partial charge in [-0.2, -0.15) is 0 Å². The second-order valence-electron chi connectivity index (χ2n) is 11.4. The molecule has 0 aromatic heterocycles. The Kier molecular flexibility index (Phi) is 7.79. The molecule has 2 saturated heterocycles. The van der Waals surface area contributed by atoms with Crippen LogP contribution < -0.4 is 4.74 Å². The summed E-state index contributed by atoms with van der Waals surface area (Å²) in [7, 11) is -7.18. The second kappa shape index (κ2) is 11.2. The normalized spacial score (nSPS) is 23.4. The standard InChI is InChI=1S/C31H30ClF2NO6S2/c32-29-24(26(33)9-10-27(29)34)19-41-22-7-8-25-21(18-22)6-11-28-31(25,43(39,40)23-4-2-1-3-5-23)14-15-35(28)30(36)20-12-16-42(37,38)17-13-20/h1-5,7-10,18,20,28H,6,11-17,19H2/t28-,31-/m1/s1. The topological polar surface area (TPSA) is 97.8 Å². The number of carbonyl (C=O) groups is 1. The van der Waals surface area contributed by atoms with Crippen LogP contribution in [0.2, 0.25) is 5.02 Å². The van der Waals surface area contributed by atoms with Gasteiger partial charge in [-0.1, -0.05) is 35.9 Å². The smallest absolute Gasteiger partial charge is 0.226 e. The Morgan fingerprint density at radius 3 is 2.42 bits per heavy atom. The van der Waals surface area contributed by atoms with Gasteiger partial charge < -0.3 is 9.64 Å². The van der Waals surface area contributed by atoms with Crippen molar-refractivity contribution in [3.63, 3.8) is 0 Å².